The van der Waals surface area contributed by atoms with Crippen LogP contribution in [-0.2, 0) is 0 Å². The number of benzene rings is 2. The van der Waals surface area contributed by atoms with E-state index in [2.05, 4.69) is 15.5 Å². The Morgan fingerprint density at radius 1 is 1.04 bits per heavy atom. The Labute approximate surface area is 149 Å². The first-order valence-corrected chi connectivity index (χ1v) is 9.19. The van der Waals surface area contributed by atoms with Crippen molar-refractivity contribution in [2.45, 2.75) is 4.34 Å². The number of rotatable bonds is 8. The van der Waals surface area contributed by atoms with Crippen LogP contribution in [-0.4, -0.2) is 29.7 Å². The van der Waals surface area contributed by atoms with Gasteiger partial charge in [-0.15, -0.1) is 10.2 Å². The lowest BCUT2D eigenvalue weighted by Gasteiger charge is -2.04. The van der Waals surface area contributed by atoms with E-state index in [0.717, 1.165) is 32.4 Å². The molecule has 0 saturated heterocycles. The van der Waals surface area contributed by atoms with Crippen molar-refractivity contribution in [2.75, 3.05) is 24.8 Å². The van der Waals surface area contributed by atoms with Crippen LogP contribution in [0.4, 0.5) is 10.8 Å². The number of thioether (sulfide) groups is 1. The summed E-state index contributed by atoms with van der Waals surface area (Å²) in [7, 11) is 1.65. The van der Waals surface area contributed by atoms with Gasteiger partial charge in [-0.3, -0.25) is 0 Å². The summed E-state index contributed by atoms with van der Waals surface area (Å²) in [6.45, 7) is 0.632. The molecule has 0 saturated carbocycles. The number of ether oxygens (including phenoxy) is 2. The number of aromatic nitrogens is 2. The van der Waals surface area contributed by atoms with E-state index in [4.69, 9.17) is 9.47 Å². The molecule has 0 fully saturated rings. The maximum atomic E-state index is 5.66. The van der Waals surface area contributed by atoms with Crippen LogP contribution in [0.15, 0.2) is 58.9 Å². The molecule has 24 heavy (non-hydrogen) atoms. The van der Waals surface area contributed by atoms with Gasteiger partial charge in [0.15, 0.2) is 4.34 Å². The Hall–Kier alpha value is -2.25. The molecule has 3 rings (SSSR count). The van der Waals surface area contributed by atoms with E-state index in [1.165, 1.54) is 11.3 Å². The Kier molecular flexibility index (Phi) is 5.92. The topological polar surface area (TPSA) is 56.3 Å². The molecule has 124 valence electrons. The maximum absolute atomic E-state index is 5.66. The van der Waals surface area contributed by atoms with Gasteiger partial charge in [-0.25, -0.2) is 0 Å². The smallest absolute Gasteiger partial charge is 0.210 e. The molecule has 1 N–H and O–H groups in total. The molecule has 2 aromatic carbocycles. The van der Waals surface area contributed by atoms with E-state index < -0.39 is 0 Å². The number of anilines is 2. The number of hydrogen-bond acceptors (Lipinski definition) is 7. The zero-order chi connectivity index (χ0) is 16.6. The van der Waals surface area contributed by atoms with Crippen molar-refractivity contribution < 1.29 is 9.47 Å². The minimum atomic E-state index is 0.632. The summed E-state index contributed by atoms with van der Waals surface area (Å²) in [5.74, 6) is 2.51. The monoisotopic (exact) mass is 359 g/mol. The Bertz CT molecular complexity index is 765. The van der Waals surface area contributed by atoms with Crippen LogP contribution in [0.3, 0.4) is 0 Å². The van der Waals surface area contributed by atoms with Crippen LogP contribution in [0, 0.1) is 0 Å². The van der Waals surface area contributed by atoms with Crippen molar-refractivity contribution in [1.82, 2.24) is 10.2 Å². The largest absolute Gasteiger partial charge is 0.497 e. The van der Waals surface area contributed by atoms with Crippen molar-refractivity contribution in [2.24, 2.45) is 0 Å². The molecule has 0 radical (unpaired) electrons. The second-order valence-corrected chi connectivity index (χ2v) is 7.06. The molecule has 5 nitrogen and oxygen atoms in total. The highest BCUT2D eigenvalue weighted by Gasteiger charge is 2.06. The molecule has 7 heteroatoms. The number of nitrogens with zero attached hydrogens (tertiary/aromatic N) is 2. The van der Waals surface area contributed by atoms with Gasteiger partial charge in [0.1, 0.15) is 11.5 Å². The van der Waals surface area contributed by atoms with Gasteiger partial charge in [-0.05, 0) is 24.3 Å². The van der Waals surface area contributed by atoms with Crippen molar-refractivity contribution in [3.63, 3.8) is 0 Å². The Morgan fingerprint density at radius 2 is 1.88 bits per heavy atom. The third-order valence-corrected chi connectivity index (χ3v) is 4.98. The third kappa shape index (κ3) is 4.87. The highest BCUT2D eigenvalue weighted by Crippen LogP contribution is 2.28. The summed E-state index contributed by atoms with van der Waals surface area (Å²) < 4.78 is 11.8. The average Bonchev–Trinajstić information content (AvgIpc) is 3.07. The number of nitrogens with one attached hydrogen (secondary N) is 1. The van der Waals surface area contributed by atoms with Gasteiger partial charge in [0.25, 0.3) is 0 Å². The molecule has 0 unspecified atom stereocenters. The lowest BCUT2D eigenvalue weighted by molar-refractivity contribution is 0.344. The lowest BCUT2D eigenvalue weighted by Crippen LogP contribution is -1.99. The normalized spacial score (nSPS) is 10.4. The molecule has 0 atom stereocenters. The quantitative estimate of drug-likeness (QED) is 0.473. The van der Waals surface area contributed by atoms with E-state index in [-0.39, 0.29) is 0 Å². The van der Waals surface area contributed by atoms with Gasteiger partial charge < -0.3 is 14.8 Å². The van der Waals surface area contributed by atoms with Crippen LogP contribution in [0.1, 0.15) is 0 Å². The Balaban J connectivity index is 1.46. The van der Waals surface area contributed by atoms with Gasteiger partial charge in [0.05, 0.1) is 13.7 Å². The highest BCUT2D eigenvalue weighted by molar-refractivity contribution is 8.01. The van der Waals surface area contributed by atoms with Gasteiger partial charge in [-0.1, -0.05) is 47.4 Å². The summed E-state index contributed by atoms with van der Waals surface area (Å²) in [4.78, 5) is 0. The number of para-hydroxylation sites is 1. The fourth-order valence-electron chi connectivity index (χ4n) is 1.95. The zero-order valence-electron chi connectivity index (χ0n) is 13.1. The van der Waals surface area contributed by atoms with Gasteiger partial charge in [0, 0.05) is 17.5 Å². The molecule has 1 aromatic heterocycles. The SMILES string of the molecule is COc1cccc(Nc2nnc(SCCOc3ccccc3)s2)c1. The highest BCUT2D eigenvalue weighted by atomic mass is 32.2. The molecule has 0 aliphatic rings. The zero-order valence-corrected chi connectivity index (χ0v) is 14.8. The predicted molar refractivity (Wildman–Crippen MR) is 98.8 cm³/mol. The van der Waals surface area contributed by atoms with Crippen LogP contribution in [0.25, 0.3) is 0 Å². The summed E-state index contributed by atoms with van der Waals surface area (Å²) >= 11 is 3.15. The second-order valence-electron chi connectivity index (χ2n) is 4.74. The van der Waals surface area contributed by atoms with Crippen LogP contribution >= 0.6 is 23.1 Å². The first-order valence-electron chi connectivity index (χ1n) is 7.39. The average molecular weight is 359 g/mol. The lowest BCUT2D eigenvalue weighted by atomic mass is 10.3. The van der Waals surface area contributed by atoms with Gasteiger partial charge in [0.2, 0.25) is 5.13 Å². The van der Waals surface area contributed by atoms with Crippen LogP contribution < -0.4 is 14.8 Å². The van der Waals surface area contributed by atoms with Crippen molar-refractivity contribution in [3.8, 4) is 11.5 Å². The molecule has 0 aliphatic heterocycles. The predicted octanol–water partition coefficient (Wildman–Crippen LogP) is 4.46. The summed E-state index contributed by atoms with van der Waals surface area (Å²) in [6.07, 6.45) is 0. The van der Waals surface area contributed by atoms with Gasteiger partial charge >= 0.3 is 0 Å². The van der Waals surface area contributed by atoms with E-state index in [9.17, 15) is 0 Å². The number of methoxy groups -OCH3 is 1. The van der Waals surface area contributed by atoms with E-state index in [1.807, 2.05) is 54.6 Å². The van der Waals surface area contributed by atoms with Crippen LogP contribution in [0.5, 0.6) is 11.5 Å². The molecular formula is C17H17N3O2S2. The third-order valence-electron chi connectivity index (χ3n) is 3.05. The molecule has 0 bridgehead atoms. The summed E-state index contributed by atoms with van der Waals surface area (Å²) in [5, 5.41) is 12.3. The summed E-state index contributed by atoms with van der Waals surface area (Å²) in [5.41, 5.74) is 0.925. The fraction of sp³-hybridized carbons (Fsp3) is 0.176. The first-order chi connectivity index (χ1) is 11.8. The van der Waals surface area contributed by atoms with E-state index >= 15 is 0 Å². The molecule has 0 aliphatic carbocycles. The maximum Gasteiger partial charge on any atom is 0.210 e. The fourth-order valence-corrected chi connectivity index (χ4v) is 3.61. The second kappa shape index (κ2) is 8.56. The minimum absolute atomic E-state index is 0.632. The first kappa shape index (κ1) is 16.6. The summed E-state index contributed by atoms with van der Waals surface area (Å²) in [6, 6.07) is 17.5. The Morgan fingerprint density at radius 3 is 2.71 bits per heavy atom. The standard InChI is InChI=1S/C17H17N3O2S2/c1-21-15-9-5-6-13(12-15)18-16-19-20-17(24-16)23-11-10-22-14-7-3-2-4-8-14/h2-9,12H,10-11H2,1H3,(H,18,19). The number of hydrogen-bond donors (Lipinski definition) is 1. The van der Waals surface area contributed by atoms with E-state index in [1.54, 1.807) is 18.9 Å². The van der Waals surface area contributed by atoms with Crippen molar-refractivity contribution >= 4 is 33.9 Å². The van der Waals surface area contributed by atoms with Gasteiger partial charge in [-0.2, -0.15) is 0 Å². The molecule has 0 amide bonds. The van der Waals surface area contributed by atoms with Crippen molar-refractivity contribution in [1.29, 1.82) is 0 Å². The van der Waals surface area contributed by atoms with Crippen LogP contribution in [0.2, 0.25) is 0 Å². The minimum Gasteiger partial charge on any atom is -0.497 e. The van der Waals surface area contributed by atoms with Crippen molar-refractivity contribution in [3.05, 3.63) is 54.6 Å². The van der Waals surface area contributed by atoms with E-state index in [0.29, 0.717) is 6.61 Å². The molecular weight excluding hydrogens is 342 g/mol. The molecule has 3 aromatic rings. The molecule has 0 spiro atoms. The molecule has 1 heterocycles.